The van der Waals surface area contributed by atoms with Crippen molar-refractivity contribution in [1.82, 2.24) is 9.97 Å². The van der Waals surface area contributed by atoms with Crippen molar-refractivity contribution in [2.24, 2.45) is 5.92 Å². The van der Waals surface area contributed by atoms with Gasteiger partial charge in [0, 0.05) is 11.8 Å². The van der Waals surface area contributed by atoms with Crippen LogP contribution in [0.15, 0.2) is 47.6 Å². The SMILES string of the molecule is Cc1cnc(NC(=O)/C(=C/[C@H]2C[C@@H](F)[C@@H](F)C2)c2ccc(S(C)(=O)=O)cc2)cn1. The van der Waals surface area contributed by atoms with E-state index < -0.39 is 34.0 Å². The number of nitrogens with one attached hydrogen (secondary N) is 1. The minimum absolute atomic E-state index is 0.0102. The third-order valence-corrected chi connectivity index (χ3v) is 5.84. The molecule has 1 fully saturated rings. The topological polar surface area (TPSA) is 89.0 Å². The fraction of sp³-hybridized carbons (Fsp3) is 0.350. The number of benzene rings is 1. The number of anilines is 1. The summed E-state index contributed by atoms with van der Waals surface area (Å²) in [4.78, 5) is 21.1. The predicted octanol–water partition coefficient (Wildman–Crippen LogP) is 3.30. The summed E-state index contributed by atoms with van der Waals surface area (Å²) in [7, 11) is -3.39. The molecule has 0 bridgehead atoms. The Bertz CT molecular complexity index is 1010. The first-order valence-electron chi connectivity index (χ1n) is 9.04. The lowest BCUT2D eigenvalue weighted by Gasteiger charge is -2.12. The zero-order valence-corrected chi connectivity index (χ0v) is 16.8. The van der Waals surface area contributed by atoms with E-state index in [-0.39, 0.29) is 29.1 Å². The molecule has 1 aromatic carbocycles. The summed E-state index contributed by atoms with van der Waals surface area (Å²) >= 11 is 0. The number of hydrogen-bond donors (Lipinski definition) is 1. The highest BCUT2D eigenvalue weighted by Crippen LogP contribution is 2.34. The molecule has 1 amide bonds. The highest BCUT2D eigenvalue weighted by atomic mass is 32.2. The monoisotopic (exact) mass is 421 g/mol. The molecule has 1 aliphatic rings. The third-order valence-electron chi connectivity index (χ3n) is 4.71. The van der Waals surface area contributed by atoms with Crippen LogP contribution < -0.4 is 5.32 Å². The van der Waals surface area contributed by atoms with E-state index in [1.807, 2.05) is 0 Å². The molecule has 6 nitrogen and oxygen atoms in total. The van der Waals surface area contributed by atoms with Crippen LogP contribution in [0.1, 0.15) is 24.1 Å². The Labute approximate surface area is 168 Å². The maximum atomic E-state index is 13.6. The summed E-state index contributed by atoms with van der Waals surface area (Å²) in [6, 6.07) is 5.78. The molecule has 29 heavy (non-hydrogen) atoms. The van der Waals surface area contributed by atoms with Gasteiger partial charge in [-0.05, 0) is 43.4 Å². The lowest BCUT2D eigenvalue weighted by Crippen LogP contribution is -2.16. The highest BCUT2D eigenvalue weighted by molar-refractivity contribution is 7.90. The van der Waals surface area contributed by atoms with E-state index in [1.54, 1.807) is 13.0 Å². The Morgan fingerprint density at radius 1 is 1.10 bits per heavy atom. The van der Waals surface area contributed by atoms with Crippen molar-refractivity contribution >= 4 is 27.1 Å². The first-order valence-corrected chi connectivity index (χ1v) is 10.9. The molecule has 0 spiro atoms. The van der Waals surface area contributed by atoms with Gasteiger partial charge in [0.25, 0.3) is 5.91 Å². The molecular weight excluding hydrogens is 400 g/mol. The van der Waals surface area contributed by atoms with E-state index in [1.165, 1.54) is 36.7 Å². The normalized spacial score (nSPS) is 22.5. The van der Waals surface area contributed by atoms with E-state index in [4.69, 9.17) is 0 Å². The zero-order valence-electron chi connectivity index (χ0n) is 16.0. The molecule has 0 saturated heterocycles. The van der Waals surface area contributed by atoms with Crippen LogP contribution in [-0.4, -0.2) is 42.9 Å². The van der Waals surface area contributed by atoms with Crippen molar-refractivity contribution in [3.8, 4) is 0 Å². The van der Waals surface area contributed by atoms with Crippen molar-refractivity contribution in [2.45, 2.75) is 37.0 Å². The van der Waals surface area contributed by atoms with Gasteiger partial charge in [-0.25, -0.2) is 22.2 Å². The quantitative estimate of drug-likeness (QED) is 0.749. The molecule has 1 heterocycles. The van der Waals surface area contributed by atoms with E-state index in [2.05, 4.69) is 15.3 Å². The average Bonchev–Trinajstić information content (AvgIpc) is 2.98. The standard InChI is InChI=1S/C20H21F2N3O3S/c1-12-10-24-19(11-23-12)25-20(26)16(7-13-8-17(21)18(22)9-13)14-3-5-15(6-4-14)29(2,27)28/h3-7,10-11,13,17-18H,8-9H2,1-2H3,(H,24,25,26)/b16-7+/t13-,17+,18-. The maximum absolute atomic E-state index is 13.6. The molecule has 0 aliphatic heterocycles. The Morgan fingerprint density at radius 2 is 1.72 bits per heavy atom. The number of sulfone groups is 1. The lowest BCUT2D eigenvalue weighted by atomic mass is 9.98. The smallest absolute Gasteiger partial charge is 0.257 e. The largest absolute Gasteiger partial charge is 0.305 e. The summed E-state index contributed by atoms with van der Waals surface area (Å²) < 4.78 is 50.6. The summed E-state index contributed by atoms with van der Waals surface area (Å²) in [5, 5.41) is 2.62. The number of halogens is 2. The van der Waals surface area contributed by atoms with Gasteiger partial charge < -0.3 is 5.32 Å². The van der Waals surface area contributed by atoms with Crippen LogP contribution in [0, 0.1) is 12.8 Å². The second-order valence-electron chi connectivity index (χ2n) is 7.14. The van der Waals surface area contributed by atoms with Gasteiger partial charge in [-0.15, -0.1) is 0 Å². The summed E-state index contributed by atoms with van der Waals surface area (Å²) in [5.41, 5.74) is 1.32. The fourth-order valence-corrected chi connectivity index (χ4v) is 3.80. The van der Waals surface area contributed by atoms with Gasteiger partial charge in [-0.3, -0.25) is 9.78 Å². The van der Waals surface area contributed by atoms with Crippen molar-refractivity contribution in [1.29, 1.82) is 0 Å². The van der Waals surface area contributed by atoms with Crippen LogP contribution in [-0.2, 0) is 14.6 Å². The first-order chi connectivity index (χ1) is 13.6. The molecule has 0 unspecified atom stereocenters. The highest BCUT2D eigenvalue weighted by Gasteiger charge is 2.34. The van der Waals surface area contributed by atoms with E-state index >= 15 is 0 Å². The number of aromatic nitrogens is 2. The van der Waals surface area contributed by atoms with Gasteiger partial charge >= 0.3 is 0 Å². The van der Waals surface area contributed by atoms with E-state index in [0.29, 0.717) is 11.3 Å². The van der Waals surface area contributed by atoms with Crippen molar-refractivity contribution in [3.63, 3.8) is 0 Å². The van der Waals surface area contributed by atoms with Gasteiger partial charge in [0.15, 0.2) is 15.7 Å². The fourth-order valence-electron chi connectivity index (χ4n) is 3.17. The number of amides is 1. The molecule has 1 aliphatic carbocycles. The van der Waals surface area contributed by atoms with Gasteiger partial charge in [0.1, 0.15) is 12.3 Å². The average molecular weight is 421 g/mol. The van der Waals surface area contributed by atoms with Crippen LogP contribution in [0.3, 0.4) is 0 Å². The zero-order chi connectivity index (χ0) is 21.2. The van der Waals surface area contributed by atoms with Crippen molar-refractivity contribution < 1.29 is 22.0 Å². The Balaban J connectivity index is 1.93. The molecular formula is C20H21F2N3O3S. The second kappa shape index (κ2) is 8.36. The molecule has 1 saturated carbocycles. The lowest BCUT2D eigenvalue weighted by molar-refractivity contribution is -0.111. The summed E-state index contributed by atoms with van der Waals surface area (Å²) in [5.74, 6) is -0.732. The molecule has 2 aromatic rings. The summed E-state index contributed by atoms with van der Waals surface area (Å²) in [6.45, 7) is 1.76. The Kier molecular flexibility index (Phi) is 6.07. The van der Waals surface area contributed by atoms with E-state index in [9.17, 15) is 22.0 Å². The predicted molar refractivity (Wildman–Crippen MR) is 105 cm³/mol. The molecule has 0 radical (unpaired) electrons. The van der Waals surface area contributed by atoms with Crippen LogP contribution in [0.5, 0.6) is 0 Å². The van der Waals surface area contributed by atoms with Crippen LogP contribution in [0.2, 0.25) is 0 Å². The van der Waals surface area contributed by atoms with Gasteiger partial charge in [0.05, 0.1) is 23.0 Å². The number of hydrogen-bond acceptors (Lipinski definition) is 5. The van der Waals surface area contributed by atoms with Gasteiger partial charge in [0.2, 0.25) is 0 Å². The summed E-state index contributed by atoms with van der Waals surface area (Å²) in [6.07, 6.45) is 2.39. The number of alkyl halides is 2. The molecule has 9 heteroatoms. The number of carbonyl (C=O) groups is 1. The minimum Gasteiger partial charge on any atom is -0.305 e. The number of carbonyl (C=O) groups excluding carboxylic acids is 1. The maximum Gasteiger partial charge on any atom is 0.257 e. The number of nitrogens with zero attached hydrogens (tertiary/aromatic N) is 2. The van der Waals surface area contributed by atoms with Crippen molar-refractivity contribution in [3.05, 3.63) is 54.0 Å². The van der Waals surface area contributed by atoms with Crippen LogP contribution in [0.25, 0.3) is 5.57 Å². The molecule has 154 valence electrons. The molecule has 1 aromatic heterocycles. The molecule has 1 N–H and O–H groups in total. The molecule has 3 rings (SSSR count). The van der Waals surface area contributed by atoms with Gasteiger partial charge in [-0.1, -0.05) is 18.2 Å². The number of rotatable bonds is 5. The van der Waals surface area contributed by atoms with Gasteiger partial charge in [-0.2, -0.15) is 0 Å². The molecule has 3 atom stereocenters. The number of allylic oxidation sites excluding steroid dienone is 1. The Morgan fingerprint density at radius 3 is 2.24 bits per heavy atom. The second-order valence-corrected chi connectivity index (χ2v) is 9.15. The Hall–Kier alpha value is -2.68. The first kappa shape index (κ1) is 21.0. The van der Waals surface area contributed by atoms with Crippen LogP contribution >= 0.6 is 0 Å². The van der Waals surface area contributed by atoms with Crippen molar-refractivity contribution in [2.75, 3.05) is 11.6 Å². The van der Waals surface area contributed by atoms with E-state index in [0.717, 1.165) is 6.26 Å². The minimum atomic E-state index is -3.39. The van der Waals surface area contributed by atoms with Crippen LogP contribution in [0.4, 0.5) is 14.6 Å². The number of aryl methyl sites for hydroxylation is 1. The third kappa shape index (κ3) is 5.23.